The first-order valence-corrected chi connectivity index (χ1v) is 6.52. The maximum atomic E-state index is 12.2. The Morgan fingerprint density at radius 3 is 2.90 bits per heavy atom. The molecule has 1 aliphatic heterocycles. The molecule has 98 valence electrons. The highest BCUT2D eigenvalue weighted by Gasteiger charge is 2.39. The van der Waals surface area contributed by atoms with Crippen LogP contribution in [0.5, 0.6) is 0 Å². The van der Waals surface area contributed by atoms with Crippen molar-refractivity contribution in [3.8, 4) is 11.8 Å². The van der Waals surface area contributed by atoms with E-state index in [0.717, 1.165) is 16.2 Å². The summed E-state index contributed by atoms with van der Waals surface area (Å²) in [5.74, 6) is 4.64. The summed E-state index contributed by atoms with van der Waals surface area (Å²) in [5, 5.41) is 0.291. The minimum absolute atomic E-state index is 0.155. The van der Waals surface area contributed by atoms with Gasteiger partial charge in [0.2, 0.25) is 5.13 Å². The first-order chi connectivity index (χ1) is 9.72. The average molecular weight is 284 g/mol. The molecule has 0 fully saturated rings. The number of pyridine rings is 1. The van der Waals surface area contributed by atoms with Crippen molar-refractivity contribution < 1.29 is 9.59 Å². The van der Waals surface area contributed by atoms with Gasteiger partial charge in [0, 0.05) is 6.20 Å². The summed E-state index contributed by atoms with van der Waals surface area (Å²) in [6, 6.07) is 3.19. The Morgan fingerprint density at radius 1 is 1.30 bits per heavy atom. The van der Waals surface area contributed by atoms with Crippen LogP contribution in [0.2, 0.25) is 0 Å². The second kappa shape index (κ2) is 4.85. The number of amides is 2. The van der Waals surface area contributed by atoms with Gasteiger partial charge in [-0.2, -0.15) is 0 Å². The van der Waals surface area contributed by atoms with Gasteiger partial charge in [-0.15, -0.1) is 0 Å². The van der Waals surface area contributed by atoms with Crippen LogP contribution in [0.1, 0.15) is 25.7 Å². The predicted molar refractivity (Wildman–Crippen MR) is 73.4 cm³/mol. The monoisotopic (exact) mass is 284 g/mol. The third-order valence-corrected chi connectivity index (χ3v) is 3.54. The number of hydrogen-bond acceptors (Lipinski definition) is 6. The van der Waals surface area contributed by atoms with Gasteiger partial charge in [0.05, 0.1) is 23.2 Å². The van der Waals surface area contributed by atoms with Crippen LogP contribution in [-0.2, 0) is 0 Å². The summed E-state index contributed by atoms with van der Waals surface area (Å²) in [4.78, 5) is 34.1. The summed E-state index contributed by atoms with van der Waals surface area (Å²) in [7, 11) is 0. The minimum Gasteiger partial charge on any atom is -0.320 e. The molecule has 0 atom stereocenters. The molecule has 0 unspecified atom stereocenters. The van der Waals surface area contributed by atoms with Gasteiger partial charge >= 0.3 is 0 Å². The molecule has 2 aromatic heterocycles. The molecule has 20 heavy (non-hydrogen) atoms. The molecule has 3 rings (SSSR count). The Hall–Kier alpha value is -2.56. The molecule has 2 N–H and O–H groups in total. The number of nitrogens with zero attached hydrogens (tertiary/aromatic N) is 3. The van der Waals surface area contributed by atoms with Crippen LogP contribution in [0.15, 0.2) is 24.5 Å². The number of fused-ring (bicyclic) bond motifs is 1. The molecule has 0 aliphatic carbocycles. The maximum absolute atomic E-state index is 12.2. The van der Waals surface area contributed by atoms with Crippen LogP contribution in [0.25, 0.3) is 0 Å². The average Bonchev–Trinajstić information content (AvgIpc) is 3.02. The molecule has 0 spiro atoms. The van der Waals surface area contributed by atoms with E-state index in [1.807, 2.05) is 0 Å². The zero-order chi connectivity index (χ0) is 14.1. The van der Waals surface area contributed by atoms with E-state index in [-0.39, 0.29) is 12.2 Å². The standard InChI is InChI=1S/C13H8N4O2S/c14-5-1-3-8-7-16-13(20-8)17-11(18)9-4-2-6-15-10(9)12(17)19/h2,4,6-7H,5,14H2. The Bertz CT molecular complexity index is 737. The number of thiazole rings is 1. The second-order valence-corrected chi connectivity index (χ2v) is 4.87. The number of imide groups is 1. The molecule has 0 saturated carbocycles. The van der Waals surface area contributed by atoms with Crippen LogP contribution in [0.3, 0.4) is 0 Å². The van der Waals surface area contributed by atoms with Gasteiger partial charge in [-0.25, -0.2) is 9.88 Å². The van der Waals surface area contributed by atoms with E-state index in [9.17, 15) is 9.59 Å². The Kier molecular flexibility index (Phi) is 3.02. The van der Waals surface area contributed by atoms with Crippen molar-refractivity contribution >= 4 is 28.3 Å². The second-order valence-electron chi connectivity index (χ2n) is 3.86. The van der Waals surface area contributed by atoms with Crippen LogP contribution < -0.4 is 10.6 Å². The highest BCUT2D eigenvalue weighted by molar-refractivity contribution is 7.16. The van der Waals surface area contributed by atoms with Gasteiger partial charge in [0.15, 0.2) is 0 Å². The molecule has 0 saturated heterocycles. The molecule has 6 nitrogen and oxygen atoms in total. The van der Waals surface area contributed by atoms with Crippen molar-refractivity contribution in [3.63, 3.8) is 0 Å². The van der Waals surface area contributed by atoms with Gasteiger partial charge < -0.3 is 5.73 Å². The molecule has 0 aromatic carbocycles. The van der Waals surface area contributed by atoms with Gasteiger partial charge in [0.1, 0.15) is 5.69 Å². The number of aromatic nitrogens is 2. The number of nitrogens with two attached hydrogens (primary N) is 1. The lowest BCUT2D eigenvalue weighted by Gasteiger charge is -2.07. The van der Waals surface area contributed by atoms with Crippen LogP contribution >= 0.6 is 11.3 Å². The molecule has 0 bridgehead atoms. The zero-order valence-electron chi connectivity index (χ0n) is 10.2. The fourth-order valence-corrected chi connectivity index (χ4v) is 2.59. The van der Waals surface area contributed by atoms with E-state index >= 15 is 0 Å². The summed E-state index contributed by atoms with van der Waals surface area (Å²) in [6.07, 6.45) is 2.99. The SMILES string of the molecule is NCC#Cc1cnc(N2C(=O)c3cccnc3C2=O)s1. The summed E-state index contributed by atoms with van der Waals surface area (Å²) >= 11 is 1.16. The van der Waals surface area contributed by atoms with Crippen molar-refractivity contribution in [3.05, 3.63) is 40.7 Å². The first-order valence-electron chi connectivity index (χ1n) is 5.71. The lowest BCUT2D eigenvalue weighted by molar-refractivity contribution is 0.0924. The van der Waals surface area contributed by atoms with E-state index in [2.05, 4.69) is 21.8 Å². The van der Waals surface area contributed by atoms with E-state index < -0.39 is 11.8 Å². The Morgan fingerprint density at radius 2 is 2.15 bits per heavy atom. The Balaban J connectivity index is 1.99. The molecule has 7 heteroatoms. The third-order valence-electron chi connectivity index (χ3n) is 2.65. The highest BCUT2D eigenvalue weighted by atomic mass is 32.1. The maximum Gasteiger partial charge on any atom is 0.286 e. The van der Waals surface area contributed by atoms with Crippen LogP contribution in [0, 0.1) is 11.8 Å². The van der Waals surface area contributed by atoms with Crippen molar-refractivity contribution in [2.45, 2.75) is 0 Å². The van der Waals surface area contributed by atoms with E-state index in [0.29, 0.717) is 15.6 Å². The molecule has 2 aromatic rings. The van der Waals surface area contributed by atoms with Crippen molar-refractivity contribution in [1.82, 2.24) is 9.97 Å². The van der Waals surface area contributed by atoms with Gasteiger partial charge in [-0.3, -0.25) is 14.6 Å². The zero-order valence-corrected chi connectivity index (χ0v) is 11.0. The molecule has 3 heterocycles. The number of carbonyl (C=O) groups is 2. The lowest BCUT2D eigenvalue weighted by atomic mass is 10.2. The van der Waals surface area contributed by atoms with Crippen LogP contribution in [0.4, 0.5) is 5.13 Å². The van der Waals surface area contributed by atoms with E-state index in [1.54, 1.807) is 12.1 Å². The quantitative estimate of drug-likeness (QED) is 0.613. The highest BCUT2D eigenvalue weighted by Crippen LogP contribution is 2.29. The van der Waals surface area contributed by atoms with Crippen molar-refractivity contribution in [1.29, 1.82) is 0 Å². The van der Waals surface area contributed by atoms with Crippen molar-refractivity contribution in [2.24, 2.45) is 5.73 Å². The summed E-state index contributed by atoms with van der Waals surface area (Å²) < 4.78 is 0. The minimum atomic E-state index is -0.460. The van der Waals surface area contributed by atoms with Crippen molar-refractivity contribution in [2.75, 3.05) is 11.4 Å². The molecule has 2 amide bonds. The molecule has 1 aliphatic rings. The first kappa shape index (κ1) is 12.5. The van der Waals surface area contributed by atoms with Gasteiger partial charge in [0.25, 0.3) is 11.8 Å². The fraction of sp³-hybridized carbons (Fsp3) is 0.0769. The van der Waals surface area contributed by atoms with Crippen LogP contribution in [-0.4, -0.2) is 28.3 Å². The van der Waals surface area contributed by atoms with Gasteiger partial charge in [-0.05, 0) is 12.1 Å². The molecular weight excluding hydrogens is 276 g/mol. The smallest absolute Gasteiger partial charge is 0.286 e. The van der Waals surface area contributed by atoms with E-state index in [4.69, 9.17) is 5.73 Å². The normalized spacial score (nSPS) is 13.2. The largest absolute Gasteiger partial charge is 0.320 e. The molecule has 0 radical (unpaired) electrons. The number of carbonyl (C=O) groups excluding carboxylic acids is 2. The number of hydrogen-bond donors (Lipinski definition) is 1. The summed E-state index contributed by atoms with van der Waals surface area (Å²) in [5.41, 5.74) is 5.74. The Labute approximate surface area is 118 Å². The lowest BCUT2D eigenvalue weighted by Crippen LogP contribution is -2.29. The number of rotatable bonds is 1. The van der Waals surface area contributed by atoms with E-state index in [1.165, 1.54) is 12.4 Å². The molecular formula is C13H8N4O2S. The fourth-order valence-electron chi connectivity index (χ4n) is 1.80. The topological polar surface area (TPSA) is 89.2 Å². The van der Waals surface area contributed by atoms with Gasteiger partial charge in [-0.1, -0.05) is 23.2 Å². The third kappa shape index (κ3) is 1.87. The number of anilines is 1. The predicted octanol–water partition coefficient (Wildman–Crippen LogP) is 0.649. The summed E-state index contributed by atoms with van der Waals surface area (Å²) in [6.45, 7) is 0.240.